The minimum Gasteiger partial charge on any atom is -0.506 e. The van der Waals surface area contributed by atoms with Crippen molar-refractivity contribution in [2.24, 2.45) is 0 Å². The third-order valence-electron chi connectivity index (χ3n) is 4.11. The number of amides is 1. The Balaban J connectivity index is 1.92. The second kappa shape index (κ2) is 7.44. The van der Waals surface area contributed by atoms with E-state index in [1.165, 1.54) is 34.6 Å². The van der Waals surface area contributed by atoms with Gasteiger partial charge in [0.05, 0.1) is 26.2 Å². The van der Waals surface area contributed by atoms with Crippen LogP contribution in [0.5, 0.6) is 5.75 Å². The van der Waals surface area contributed by atoms with Crippen LogP contribution < -0.4 is 5.32 Å². The molecular weight excluding hydrogens is 399 g/mol. The van der Waals surface area contributed by atoms with E-state index < -0.39 is 15.9 Å². The highest BCUT2D eigenvalue weighted by molar-refractivity contribution is 7.89. The van der Waals surface area contributed by atoms with E-state index >= 15 is 0 Å². The van der Waals surface area contributed by atoms with Crippen molar-refractivity contribution in [3.8, 4) is 5.75 Å². The lowest BCUT2D eigenvalue weighted by Crippen LogP contribution is -2.28. The summed E-state index contributed by atoms with van der Waals surface area (Å²) in [6, 6.07) is 8.38. The Labute approximate surface area is 161 Å². The molecule has 1 aliphatic heterocycles. The molecule has 0 atom stereocenters. The minimum absolute atomic E-state index is 0.00208. The zero-order chi connectivity index (χ0) is 18.9. The highest BCUT2D eigenvalue weighted by atomic mass is 35.5. The zero-order valence-electron chi connectivity index (χ0n) is 13.6. The Morgan fingerprint density at radius 1 is 1.08 bits per heavy atom. The molecule has 138 valence electrons. The second-order valence-corrected chi connectivity index (χ2v) is 8.59. The first-order chi connectivity index (χ1) is 12.3. The van der Waals surface area contributed by atoms with Crippen molar-refractivity contribution < 1.29 is 18.3 Å². The molecule has 1 fully saturated rings. The number of phenolic OH excluding ortho intramolecular Hbond substituents is 1. The van der Waals surface area contributed by atoms with E-state index in [0.717, 1.165) is 12.8 Å². The molecule has 3 rings (SSSR count). The SMILES string of the molecule is O=C(Nc1cc(S(=O)(=O)N2CCCC2)ccc1O)c1c(Cl)cccc1Cl. The van der Waals surface area contributed by atoms with Crippen LogP contribution in [0.2, 0.25) is 10.0 Å². The number of nitrogens with zero attached hydrogens (tertiary/aromatic N) is 1. The van der Waals surface area contributed by atoms with Crippen molar-refractivity contribution in [2.45, 2.75) is 17.7 Å². The van der Waals surface area contributed by atoms with Crippen molar-refractivity contribution in [1.82, 2.24) is 4.31 Å². The van der Waals surface area contributed by atoms with Crippen LogP contribution in [0.15, 0.2) is 41.3 Å². The molecule has 0 unspecified atom stereocenters. The van der Waals surface area contributed by atoms with Crippen LogP contribution >= 0.6 is 23.2 Å². The van der Waals surface area contributed by atoms with Crippen molar-refractivity contribution in [2.75, 3.05) is 18.4 Å². The van der Waals surface area contributed by atoms with E-state index in [1.807, 2.05) is 0 Å². The third-order valence-corrected chi connectivity index (χ3v) is 6.63. The van der Waals surface area contributed by atoms with Crippen molar-refractivity contribution in [3.05, 3.63) is 52.0 Å². The molecule has 9 heteroatoms. The molecule has 0 aromatic heterocycles. The number of aromatic hydroxyl groups is 1. The van der Waals surface area contributed by atoms with Gasteiger partial charge in [-0.2, -0.15) is 4.31 Å². The molecule has 1 aliphatic rings. The summed E-state index contributed by atoms with van der Waals surface area (Å²) in [7, 11) is -3.68. The van der Waals surface area contributed by atoms with Crippen LogP contribution in [0, 0.1) is 0 Å². The molecule has 1 saturated heterocycles. The van der Waals surface area contributed by atoms with Crippen LogP contribution in [-0.4, -0.2) is 36.8 Å². The summed E-state index contributed by atoms with van der Waals surface area (Å²) in [6.07, 6.45) is 1.62. The second-order valence-electron chi connectivity index (χ2n) is 5.84. The van der Waals surface area contributed by atoms with Gasteiger partial charge >= 0.3 is 0 Å². The average Bonchev–Trinajstić information content (AvgIpc) is 3.12. The number of benzene rings is 2. The number of phenols is 1. The summed E-state index contributed by atoms with van der Waals surface area (Å²) in [5.41, 5.74) is 0.00861. The molecule has 2 aromatic rings. The number of halogens is 2. The van der Waals surface area contributed by atoms with Gasteiger partial charge in [-0.1, -0.05) is 29.3 Å². The molecule has 0 saturated carbocycles. The Hall–Kier alpha value is -1.80. The fraction of sp³-hybridized carbons (Fsp3) is 0.235. The Morgan fingerprint density at radius 3 is 2.31 bits per heavy atom. The highest BCUT2D eigenvalue weighted by Gasteiger charge is 2.28. The maximum absolute atomic E-state index is 12.7. The van der Waals surface area contributed by atoms with Crippen LogP contribution in [0.4, 0.5) is 5.69 Å². The highest BCUT2D eigenvalue weighted by Crippen LogP contribution is 2.31. The minimum atomic E-state index is -3.68. The predicted octanol–water partition coefficient (Wildman–Crippen LogP) is 3.74. The molecule has 0 aliphatic carbocycles. The lowest BCUT2D eigenvalue weighted by atomic mass is 10.2. The van der Waals surface area contributed by atoms with Gasteiger partial charge in [0.25, 0.3) is 5.91 Å². The number of sulfonamides is 1. The smallest absolute Gasteiger partial charge is 0.258 e. The first-order valence-corrected chi connectivity index (χ1v) is 10.1. The van der Waals surface area contributed by atoms with Crippen LogP contribution in [-0.2, 0) is 10.0 Å². The molecule has 0 spiro atoms. The summed E-state index contributed by atoms with van der Waals surface area (Å²) in [5, 5.41) is 12.8. The van der Waals surface area contributed by atoms with Crippen LogP contribution in [0.3, 0.4) is 0 Å². The van der Waals surface area contributed by atoms with Gasteiger partial charge in [0.15, 0.2) is 0 Å². The fourth-order valence-corrected chi connectivity index (χ4v) is 4.87. The quantitative estimate of drug-likeness (QED) is 0.745. The summed E-state index contributed by atoms with van der Waals surface area (Å²) in [5.74, 6) is -0.909. The molecule has 2 aromatic carbocycles. The standard InChI is InChI=1S/C17H16Cl2N2O4S/c18-12-4-3-5-13(19)16(12)17(23)20-14-10-11(6-7-15(14)22)26(24,25)21-8-1-2-9-21/h3-7,10,22H,1-2,8-9H2,(H,20,23). The number of carbonyl (C=O) groups is 1. The lowest BCUT2D eigenvalue weighted by molar-refractivity contribution is 0.102. The van der Waals surface area contributed by atoms with Crippen LogP contribution in [0.1, 0.15) is 23.2 Å². The van der Waals surface area contributed by atoms with Gasteiger partial charge in [-0.25, -0.2) is 8.42 Å². The summed E-state index contributed by atoms with van der Waals surface area (Å²) in [4.78, 5) is 12.5. The van der Waals surface area contributed by atoms with E-state index in [4.69, 9.17) is 23.2 Å². The predicted molar refractivity (Wildman–Crippen MR) is 101 cm³/mol. The maximum Gasteiger partial charge on any atom is 0.258 e. The van der Waals surface area contributed by atoms with Gasteiger partial charge in [-0.05, 0) is 43.2 Å². The largest absolute Gasteiger partial charge is 0.506 e. The van der Waals surface area contributed by atoms with Gasteiger partial charge < -0.3 is 10.4 Å². The number of hydrogen-bond donors (Lipinski definition) is 2. The number of anilines is 1. The fourth-order valence-electron chi connectivity index (χ4n) is 2.75. The number of rotatable bonds is 4. The number of carbonyl (C=O) groups excluding carboxylic acids is 1. The van der Waals surface area contributed by atoms with Crippen molar-refractivity contribution in [1.29, 1.82) is 0 Å². The summed E-state index contributed by atoms with van der Waals surface area (Å²) < 4.78 is 26.7. The lowest BCUT2D eigenvalue weighted by Gasteiger charge is -2.17. The summed E-state index contributed by atoms with van der Waals surface area (Å²) >= 11 is 12.0. The number of hydrogen-bond acceptors (Lipinski definition) is 4. The molecule has 6 nitrogen and oxygen atoms in total. The van der Waals surface area contributed by atoms with E-state index in [9.17, 15) is 18.3 Å². The zero-order valence-corrected chi connectivity index (χ0v) is 15.9. The first kappa shape index (κ1) is 19.0. The molecule has 0 radical (unpaired) electrons. The van der Waals surface area contributed by atoms with Crippen LogP contribution in [0.25, 0.3) is 0 Å². The molecule has 0 bridgehead atoms. The molecule has 1 heterocycles. The van der Waals surface area contributed by atoms with E-state index in [-0.39, 0.29) is 31.9 Å². The van der Waals surface area contributed by atoms with E-state index in [2.05, 4.69) is 5.32 Å². The van der Waals surface area contributed by atoms with Gasteiger partial charge in [-0.15, -0.1) is 0 Å². The van der Waals surface area contributed by atoms with E-state index in [1.54, 1.807) is 6.07 Å². The van der Waals surface area contributed by atoms with Gasteiger partial charge in [0.1, 0.15) is 5.75 Å². The molecule has 26 heavy (non-hydrogen) atoms. The third kappa shape index (κ3) is 3.66. The molecule has 1 amide bonds. The first-order valence-electron chi connectivity index (χ1n) is 7.89. The normalized spacial score (nSPS) is 15.2. The Morgan fingerprint density at radius 2 is 1.69 bits per heavy atom. The van der Waals surface area contributed by atoms with Gasteiger partial charge in [0, 0.05) is 13.1 Å². The van der Waals surface area contributed by atoms with Crippen molar-refractivity contribution in [3.63, 3.8) is 0 Å². The maximum atomic E-state index is 12.7. The molecule has 2 N–H and O–H groups in total. The monoisotopic (exact) mass is 414 g/mol. The van der Waals surface area contributed by atoms with Crippen molar-refractivity contribution >= 4 is 44.8 Å². The topological polar surface area (TPSA) is 86.7 Å². The number of nitrogens with one attached hydrogen (secondary N) is 1. The van der Waals surface area contributed by atoms with Gasteiger partial charge in [-0.3, -0.25) is 4.79 Å². The van der Waals surface area contributed by atoms with Gasteiger partial charge in [0.2, 0.25) is 10.0 Å². The van der Waals surface area contributed by atoms with E-state index in [0.29, 0.717) is 13.1 Å². The molecular formula is C17H16Cl2N2O4S. The Bertz CT molecular complexity index is 937. The average molecular weight is 415 g/mol. The Kier molecular flexibility index (Phi) is 5.43. The summed E-state index contributed by atoms with van der Waals surface area (Å²) in [6.45, 7) is 0.917.